The molecule has 0 spiro atoms. The molecular weight excluding hydrogens is 383 g/mol. The Bertz CT molecular complexity index is 905. The first-order valence-corrected chi connectivity index (χ1v) is 9.60. The standard InChI is InChI=1S/C17H18ClFN2O4S/c1-3-25-15-8-7-12(18)9-16(15)26(23,24)21-11(2)17(22)20-14-6-4-5-13(19)10-14/h4-11,21H,3H2,1-2H3,(H,20,22). The fourth-order valence-corrected chi connectivity index (χ4v) is 3.74. The third-order valence-corrected chi connectivity index (χ3v) is 5.11. The molecule has 0 saturated carbocycles. The highest BCUT2D eigenvalue weighted by Gasteiger charge is 2.25. The number of anilines is 1. The van der Waals surface area contributed by atoms with Crippen molar-refractivity contribution in [3.63, 3.8) is 0 Å². The van der Waals surface area contributed by atoms with E-state index in [0.717, 1.165) is 6.07 Å². The van der Waals surface area contributed by atoms with E-state index >= 15 is 0 Å². The van der Waals surface area contributed by atoms with Crippen LogP contribution in [0.25, 0.3) is 0 Å². The van der Waals surface area contributed by atoms with Crippen molar-refractivity contribution >= 4 is 33.2 Å². The molecule has 1 unspecified atom stereocenters. The number of benzene rings is 2. The summed E-state index contributed by atoms with van der Waals surface area (Å²) in [5.41, 5.74) is 0.221. The molecule has 2 N–H and O–H groups in total. The maximum Gasteiger partial charge on any atom is 0.245 e. The zero-order valence-corrected chi connectivity index (χ0v) is 15.7. The van der Waals surface area contributed by atoms with Crippen LogP contribution in [-0.2, 0) is 14.8 Å². The minimum Gasteiger partial charge on any atom is -0.492 e. The summed E-state index contributed by atoms with van der Waals surface area (Å²) in [7, 11) is -4.07. The third-order valence-electron chi connectivity index (χ3n) is 3.31. The molecule has 0 aromatic heterocycles. The predicted octanol–water partition coefficient (Wildman–Crippen LogP) is 3.18. The Labute approximate surface area is 156 Å². The van der Waals surface area contributed by atoms with Gasteiger partial charge in [0.15, 0.2) is 0 Å². The van der Waals surface area contributed by atoms with Crippen LogP contribution in [0.5, 0.6) is 5.75 Å². The summed E-state index contributed by atoms with van der Waals surface area (Å²) in [6, 6.07) is 8.36. The van der Waals surface area contributed by atoms with Crippen LogP contribution in [0.15, 0.2) is 47.4 Å². The van der Waals surface area contributed by atoms with Crippen molar-refractivity contribution in [3.05, 3.63) is 53.3 Å². The number of ether oxygens (including phenoxy) is 1. The van der Waals surface area contributed by atoms with Crippen LogP contribution in [0.1, 0.15) is 13.8 Å². The quantitative estimate of drug-likeness (QED) is 0.747. The zero-order chi connectivity index (χ0) is 19.3. The van der Waals surface area contributed by atoms with Gasteiger partial charge < -0.3 is 10.1 Å². The first-order chi connectivity index (χ1) is 12.2. The fourth-order valence-electron chi connectivity index (χ4n) is 2.13. The topological polar surface area (TPSA) is 84.5 Å². The van der Waals surface area contributed by atoms with E-state index in [-0.39, 0.29) is 28.0 Å². The Balaban J connectivity index is 2.18. The van der Waals surface area contributed by atoms with Gasteiger partial charge >= 0.3 is 0 Å². The maximum atomic E-state index is 13.2. The van der Waals surface area contributed by atoms with Gasteiger partial charge in [0.25, 0.3) is 0 Å². The van der Waals surface area contributed by atoms with Gasteiger partial charge in [-0.05, 0) is 50.2 Å². The number of sulfonamides is 1. The molecule has 2 aromatic carbocycles. The molecular formula is C17H18ClFN2O4S. The van der Waals surface area contributed by atoms with E-state index in [0.29, 0.717) is 0 Å². The maximum absolute atomic E-state index is 13.2. The lowest BCUT2D eigenvalue weighted by atomic mass is 10.3. The molecule has 6 nitrogen and oxygen atoms in total. The third kappa shape index (κ3) is 5.17. The number of carbonyl (C=O) groups is 1. The van der Waals surface area contributed by atoms with E-state index in [1.807, 2.05) is 0 Å². The van der Waals surface area contributed by atoms with E-state index in [1.54, 1.807) is 6.92 Å². The van der Waals surface area contributed by atoms with Crippen LogP contribution < -0.4 is 14.8 Å². The van der Waals surface area contributed by atoms with Crippen LogP contribution in [0.2, 0.25) is 5.02 Å². The number of amides is 1. The highest BCUT2D eigenvalue weighted by atomic mass is 35.5. The van der Waals surface area contributed by atoms with Crippen LogP contribution in [-0.4, -0.2) is 27.0 Å². The van der Waals surface area contributed by atoms with Crippen LogP contribution in [0.3, 0.4) is 0 Å². The molecule has 0 aliphatic heterocycles. The van der Waals surface area contributed by atoms with E-state index in [9.17, 15) is 17.6 Å². The second-order valence-electron chi connectivity index (χ2n) is 5.37. The van der Waals surface area contributed by atoms with Crippen LogP contribution in [0, 0.1) is 5.82 Å². The number of rotatable bonds is 7. The molecule has 0 aliphatic carbocycles. The van der Waals surface area contributed by atoms with Crippen molar-refractivity contribution in [2.75, 3.05) is 11.9 Å². The van der Waals surface area contributed by atoms with E-state index in [4.69, 9.17) is 16.3 Å². The second kappa shape index (κ2) is 8.48. The Morgan fingerprint density at radius 3 is 2.65 bits per heavy atom. The summed E-state index contributed by atoms with van der Waals surface area (Å²) >= 11 is 5.88. The van der Waals surface area contributed by atoms with Crippen molar-refractivity contribution in [3.8, 4) is 5.75 Å². The summed E-state index contributed by atoms with van der Waals surface area (Å²) in [4.78, 5) is 12.0. The first-order valence-electron chi connectivity index (χ1n) is 7.74. The molecule has 26 heavy (non-hydrogen) atoms. The Hall–Kier alpha value is -2.16. The normalized spacial score (nSPS) is 12.5. The Morgan fingerprint density at radius 2 is 2.00 bits per heavy atom. The molecule has 0 radical (unpaired) electrons. The molecule has 9 heteroatoms. The summed E-state index contributed by atoms with van der Waals surface area (Å²) in [6.45, 7) is 3.35. The van der Waals surface area contributed by atoms with Gasteiger partial charge in [-0.2, -0.15) is 4.72 Å². The Kier molecular flexibility index (Phi) is 6.57. The summed E-state index contributed by atoms with van der Waals surface area (Å²) in [6.07, 6.45) is 0. The van der Waals surface area contributed by atoms with Gasteiger partial charge in [-0.25, -0.2) is 12.8 Å². The molecule has 0 aliphatic rings. The lowest BCUT2D eigenvalue weighted by Crippen LogP contribution is -2.41. The molecule has 1 amide bonds. The lowest BCUT2D eigenvalue weighted by molar-refractivity contribution is -0.117. The summed E-state index contributed by atoms with van der Waals surface area (Å²) in [5, 5.41) is 2.66. The molecule has 0 fully saturated rings. The molecule has 0 bridgehead atoms. The highest BCUT2D eigenvalue weighted by molar-refractivity contribution is 7.89. The Morgan fingerprint density at radius 1 is 1.27 bits per heavy atom. The van der Waals surface area contributed by atoms with E-state index < -0.39 is 27.8 Å². The van der Waals surface area contributed by atoms with Crippen molar-refractivity contribution in [1.29, 1.82) is 0 Å². The number of hydrogen-bond donors (Lipinski definition) is 2. The zero-order valence-electron chi connectivity index (χ0n) is 14.1. The first kappa shape index (κ1) is 20.2. The SMILES string of the molecule is CCOc1ccc(Cl)cc1S(=O)(=O)NC(C)C(=O)Nc1cccc(F)c1. The van der Waals surface area contributed by atoms with E-state index in [2.05, 4.69) is 10.0 Å². The number of hydrogen-bond acceptors (Lipinski definition) is 4. The highest BCUT2D eigenvalue weighted by Crippen LogP contribution is 2.27. The van der Waals surface area contributed by atoms with Gasteiger partial charge in [0.2, 0.25) is 15.9 Å². The lowest BCUT2D eigenvalue weighted by Gasteiger charge is -2.16. The van der Waals surface area contributed by atoms with Crippen LogP contribution >= 0.6 is 11.6 Å². The van der Waals surface area contributed by atoms with Gasteiger partial charge in [-0.1, -0.05) is 17.7 Å². The minimum atomic E-state index is -4.07. The number of carbonyl (C=O) groups excluding carboxylic acids is 1. The second-order valence-corrected chi connectivity index (χ2v) is 7.49. The average molecular weight is 401 g/mol. The number of halogens is 2. The van der Waals surface area contributed by atoms with Gasteiger partial charge in [0.1, 0.15) is 16.5 Å². The van der Waals surface area contributed by atoms with Gasteiger partial charge in [-0.3, -0.25) is 4.79 Å². The van der Waals surface area contributed by atoms with Gasteiger partial charge in [0.05, 0.1) is 12.6 Å². The van der Waals surface area contributed by atoms with Crippen molar-refractivity contribution in [1.82, 2.24) is 4.72 Å². The van der Waals surface area contributed by atoms with Crippen LogP contribution in [0.4, 0.5) is 10.1 Å². The molecule has 140 valence electrons. The molecule has 0 heterocycles. The van der Waals surface area contributed by atoms with Crippen molar-refractivity contribution in [2.45, 2.75) is 24.8 Å². The fraction of sp³-hybridized carbons (Fsp3) is 0.235. The smallest absolute Gasteiger partial charge is 0.245 e. The minimum absolute atomic E-state index is 0.127. The molecule has 0 saturated heterocycles. The monoisotopic (exact) mass is 400 g/mol. The van der Waals surface area contributed by atoms with E-state index in [1.165, 1.54) is 43.3 Å². The molecule has 2 aromatic rings. The largest absolute Gasteiger partial charge is 0.492 e. The average Bonchev–Trinajstić information content (AvgIpc) is 2.56. The van der Waals surface area contributed by atoms with Crippen molar-refractivity contribution in [2.24, 2.45) is 0 Å². The van der Waals surface area contributed by atoms with Gasteiger partial charge in [-0.15, -0.1) is 0 Å². The van der Waals surface area contributed by atoms with Crippen molar-refractivity contribution < 1.29 is 22.3 Å². The summed E-state index contributed by atoms with van der Waals surface area (Å²) in [5.74, 6) is -1.03. The summed E-state index contributed by atoms with van der Waals surface area (Å²) < 4.78 is 46.0. The molecule has 2 rings (SSSR count). The number of nitrogens with one attached hydrogen (secondary N) is 2. The molecule has 1 atom stereocenters. The van der Waals surface area contributed by atoms with Gasteiger partial charge in [0, 0.05) is 10.7 Å². The predicted molar refractivity (Wildman–Crippen MR) is 97.4 cm³/mol.